The molecular formula is C15H20N4O. The number of hydrogen-bond acceptors (Lipinski definition) is 3. The van der Waals surface area contributed by atoms with E-state index in [1.165, 1.54) is 6.92 Å². The fourth-order valence-electron chi connectivity index (χ4n) is 2.11. The van der Waals surface area contributed by atoms with Gasteiger partial charge in [0, 0.05) is 43.7 Å². The summed E-state index contributed by atoms with van der Waals surface area (Å²) in [6.45, 7) is 6.25. The van der Waals surface area contributed by atoms with Crippen LogP contribution in [0.25, 0.3) is 0 Å². The van der Waals surface area contributed by atoms with Gasteiger partial charge in [-0.15, -0.1) is 0 Å². The van der Waals surface area contributed by atoms with E-state index in [2.05, 4.69) is 15.7 Å². The quantitative estimate of drug-likeness (QED) is 0.899. The van der Waals surface area contributed by atoms with Gasteiger partial charge in [0.2, 0.25) is 5.91 Å². The lowest BCUT2D eigenvalue weighted by molar-refractivity contribution is -0.114. The number of carbonyl (C=O) groups is 1. The molecule has 5 heteroatoms. The van der Waals surface area contributed by atoms with Crippen molar-refractivity contribution in [2.75, 3.05) is 10.6 Å². The van der Waals surface area contributed by atoms with Crippen molar-refractivity contribution >= 4 is 17.3 Å². The standard InChI is InChI=1S/C15H20N4O/c1-10-5-6-14(17-12(3)20)7-15(10)16-8-13-9-19(4)18-11(13)2/h5-7,9,16H,8H2,1-4H3,(H,17,20). The molecule has 0 bridgehead atoms. The molecule has 0 atom stereocenters. The van der Waals surface area contributed by atoms with E-state index in [-0.39, 0.29) is 5.91 Å². The zero-order chi connectivity index (χ0) is 14.7. The molecule has 0 saturated carbocycles. The summed E-state index contributed by atoms with van der Waals surface area (Å²) in [6, 6.07) is 5.84. The summed E-state index contributed by atoms with van der Waals surface area (Å²) in [4.78, 5) is 11.1. The molecule has 1 amide bonds. The van der Waals surface area contributed by atoms with Crippen molar-refractivity contribution < 1.29 is 4.79 Å². The average molecular weight is 272 g/mol. The predicted octanol–water partition coefficient (Wildman–Crippen LogP) is 2.61. The molecule has 0 unspecified atom stereocenters. The normalized spacial score (nSPS) is 10.4. The largest absolute Gasteiger partial charge is 0.381 e. The van der Waals surface area contributed by atoms with E-state index in [0.29, 0.717) is 6.54 Å². The monoisotopic (exact) mass is 272 g/mol. The minimum Gasteiger partial charge on any atom is -0.381 e. The van der Waals surface area contributed by atoms with Crippen molar-refractivity contribution in [3.05, 3.63) is 41.2 Å². The van der Waals surface area contributed by atoms with Crippen LogP contribution < -0.4 is 10.6 Å². The first-order chi connectivity index (χ1) is 9.45. The molecule has 0 fully saturated rings. The second-order valence-corrected chi connectivity index (χ2v) is 4.98. The number of amides is 1. The van der Waals surface area contributed by atoms with Gasteiger partial charge in [-0.2, -0.15) is 5.10 Å². The molecule has 2 aromatic rings. The van der Waals surface area contributed by atoms with E-state index < -0.39 is 0 Å². The van der Waals surface area contributed by atoms with Gasteiger partial charge in [-0.1, -0.05) is 6.07 Å². The third kappa shape index (κ3) is 3.38. The van der Waals surface area contributed by atoms with E-state index in [0.717, 1.165) is 28.2 Å². The van der Waals surface area contributed by atoms with Gasteiger partial charge in [0.05, 0.1) is 5.69 Å². The summed E-state index contributed by atoms with van der Waals surface area (Å²) in [5.74, 6) is -0.0668. The average Bonchev–Trinajstić information content (AvgIpc) is 2.68. The summed E-state index contributed by atoms with van der Waals surface area (Å²) >= 11 is 0. The third-order valence-corrected chi connectivity index (χ3v) is 3.14. The molecule has 20 heavy (non-hydrogen) atoms. The molecule has 0 aliphatic carbocycles. The molecule has 0 aliphatic rings. The number of nitrogens with zero attached hydrogens (tertiary/aromatic N) is 2. The number of rotatable bonds is 4. The summed E-state index contributed by atoms with van der Waals surface area (Å²) < 4.78 is 1.81. The lowest BCUT2D eigenvalue weighted by Crippen LogP contribution is -2.07. The first-order valence-corrected chi connectivity index (χ1v) is 6.57. The Kier molecular flexibility index (Phi) is 4.08. The Bertz CT molecular complexity index is 631. The van der Waals surface area contributed by atoms with Gasteiger partial charge in [0.25, 0.3) is 0 Å². The molecule has 0 aliphatic heterocycles. The molecule has 1 aromatic carbocycles. The van der Waals surface area contributed by atoms with Crippen LogP contribution in [-0.2, 0) is 18.4 Å². The van der Waals surface area contributed by atoms with Gasteiger partial charge in [-0.3, -0.25) is 9.48 Å². The van der Waals surface area contributed by atoms with Crippen LogP contribution in [0.4, 0.5) is 11.4 Å². The maximum Gasteiger partial charge on any atom is 0.221 e. The first kappa shape index (κ1) is 14.1. The Labute approximate surface area is 119 Å². The second kappa shape index (κ2) is 5.77. The van der Waals surface area contributed by atoms with Crippen molar-refractivity contribution in [1.29, 1.82) is 0 Å². The maximum atomic E-state index is 11.1. The van der Waals surface area contributed by atoms with Crippen molar-refractivity contribution in [2.45, 2.75) is 27.3 Å². The van der Waals surface area contributed by atoms with E-state index in [9.17, 15) is 4.79 Å². The first-order valence-electron chi connectivity index (χ1n) is 6.57. The molecule has 0 radical (unpaired) electrons. The molecule has 2 rings (SSSR count). The zero-order valence-electron chi connectivity index (χ0n) is 12.3. The lowest BCUT2D eigenvalue weighted by Gasteiger charge is -2.11. The molecule has 106 valence electrons. The van der Waals surface area contributed by atoms with E-state index in [4.69, 9.17) is 0 Å². The van der Waals surface area contributed by atoms with Crippen molar-refractivity contribution in [3.63, 3.8) is 0 Å². The fraction of sp³-hybridized carbons (Fsp3) is 0.333. The van der Waals surface area contributed by atoms with E-state index in [1.807, 2.05) is 50.0 Å². The number of nitrogens with one attached hydrogen (secondary N) is 2. The van der Waals surface area contributed by atoms with Crippen molar-refractivity contribution in [3.8, 4) is 0 Å². The summed E-state index contributed by atoms with van der Waals surface area (Å²) in [5, 5.41) is 10.5. The Morgan fingerprint density at radius 2 is 2.10 bits per heavy atom. The molecule has 2 N–H and O–H groups in total. The summed E-state index contributed by atoms with van der Waals surface area (Å²) in [5.41, 5.74) is 5.14. The van der Waals surface area contributed by atoms with Gasteiger partial charge >= 0.3 is 0 Å². The second-order valence-electron chi connectivity index (χ2n) is 4.98. The number of carbonyl (C=O) groups excluding carboxylic acids is 1. The lowest BCUT2D eigenvalue weighted by atomic mass is 10.1. The van der Waals surface area contributed by atoms with Crippen LogP contribution in [0.2, 0.25) is 0 Å². The van der Waals surface area contributed by atoms with Crippen LogP contribution in [0.15, 0.2) is 24.4 Å². The molecule has 1 aromatic heterocycles. The number of aromatic nitrogens is 2. The predicted molar refractivity (Wildman–Crippen MR) is 80.8 cm³/mol. The van der Waals surface area contributed by atoms with Crippen LogP contribution in [0.1, 0.15) is 23.7 Å². The summed E-state index contributed by atoms with van der Waals surface area (Å²) in [6.07, 6.45) is 2.01. The number of benzene rings is 1. The van der Waals surface area contributed by atoms with Crippen molar-refractivity contribution in [1.82, 2.24) is 9.78 Å². The highest BCUT2D eigenvalue weighted by Gasteiger charge is 2.05. The Morgan fingerprint density at radius 1 is 1.35 bits per heavy atom. The molecule has 1 heterocycles. The SMILES string of the molecule is CC(=O)Nc1ccc(C)c(NCc2cn(C)nc2C)c1. The fourth-order valence-corrected chi connectivity index (χ4v) is 2.11. The van der Waals surface area contributed by atoms with Crippen molar-refractivity contribution in [2.24, 2.45) is 7.05 Å². The zero-order valence-corrected chi connectivity index (χ0v) is 12.3. The topological polar surface area (TPSA) is 59.0 Å². The highest BCUT2D eigenvalue weighted by Crippen LogP contribution is 2.21. The van der Waals surface area contributed by atoms with Gasteiger partial charge in [0.15, 0.2) is 0 Å². The summed E-state index contributed by atoms with van der Waals surface area (Å²) in [7, 11) is 1.92. The van der Waals surface area contributed by atoms with Crippen LogP contribution >= 0.6 is 0 Å². The van der Waals surface area contributed by atoms with E-state index >= 15 is 0 Å². The van der Waals surface area contributed by atoms with Gasteiger partial charge in [0.1, 0.15) is 0 Å². The molecule has 5 nitrogen and oxygen atoms in total. The van der Waals surface area contributed by atoms with E-state index in [1.54, 1.807) is 0 Å². The Hall–Kier alpha value is -2.30. The highest BCUT2D eigenvalue weighted by atomic mass is 16.1. The molecule has 0 spiro atoms. The number of hydrogen-bond donors (Lipinski definition) is 2. The molecular weight excluding hydrogens is 252 g/mol. The van der Waals surface area contributed by atoms with Gasteiger partial charge in [-0.25, -0.2) is 0 Å². The Morgan fingerprint density at radius 3 is 2.70 bits per heavy atom. The Balaban J connectivity index is 2.12. The minimum atomic E-state index is -0.0668. The minimum absolute atomic E-state index is 0.0668. The smallest absolute Gasteiger partial charge is 0.221 e. The van der Waals surface area contributed by atoms with Crippen LogP contribution in [0.3, 0.4) is 0 Å². The maximum absolute atomic E-state index is 11.1. The highest BCUT2D eigenvalue weighted by molar-refractivity contribution is 5.89. The third-order valence-electron chi connectivity index (χ3n) is 3.14. The molecule has 0 saturated heterocycles. The number of aryl methyl sites for hydroxylation is 3. The van der Waals surface area contributed by atoms with Gasteiger partial charge in [-0.05, 0) is 31.5 Å². The number of anilines is 2. The van der Waals surface area contributed by atoms with Gasteiger partial charge < -0.3 is 10.6 Å². The van der Waals surface area contributed by atoms with Crippen LogP contribution in [0, 0.1) is 13.8 Å². The van der Waals surface area contributed by atoms with Crippen LogP contribution in [0.5, 0.6) is 0 Å². The van der Waals surface area contributed by atoms with Crippen LogP contribution in [-0.4, -0.2) is 15.7 Å².